The molecule has 0 saturated carbocycles. The molecule has 6 nitrogen and oxygen atoms in total. The molecule has 142 valence electrons. The Balaban J connectivity index is 1.55. The van der Waals surface area contributed by atoms with Crippen molar-refractivity contribution < 1.29 is 19.1 Å². The van der Waals surface area contributed by atoms with E-state index in [1.54, 1.807) is 24.3 Å². The summed E-state index contributed by atoms with van der Waals surface area (Å²) in [5, 5.41) is 5.68. The van der Waals surface area contributed by atoms with Gasteiger partial charge in [-0.1, -0.05) is 44.2 Å². The third-order valence-corrected chi connectivity index (χ3v) is 4.34. The fraction of sp³-hybridized carbons (Fsp3) is 0.333. The first-order chi connectivity index (χ1) is 13.0. The second-order valence-corrected chi connectivity index (χ2v) is 6.80. The zero-order valence-corrected chi connectivity index (χ0v) is 15.5. The number of ether oxygens (including phenoxy) is 2. The molecule has 0 aliphatic carbocycles. The van der Waals surface area contributed by atoms with Gasteiger partial charge in [-0.3, -0.25) is 9.59 Å². The van der Waals surface area contributed by atoms with Crippen molar-refractivity contribution in [3.05, 3.63) is 60.2 Å². The second-order valence-electron chi connectivity index (χ2n) is 6.80. The van der Waals surface area contributed by atoms with Crippen molar-refractivity contribution in [2.45, 2.75) is 26.0 Å². The van der Waals surface area contributed by atoms with Crippen molar-refractivity contribution in [3.63, 3.8) is 0 Å². The molecule has 1 aliphatic rings. The van der Waals surface area contributed by atoms with E-state index in [9.17, 15) is 9.59 Å². The van der Waals surface area contributed by atoms with Crippen LogP contribution in [0.25, 0.3) is 0 Å². The van der Waals surface area contributed by atoms with Crippen LogP contribution < -0.4 is 20.1 Å². The number of carbonyl (C=O) groups excluding carboxylic acids is 2. The summed E-state index contributed by atoms with van der Waals surface area (Å²) in [7, 11) is 0. The molecule has 1 aliphatic heterocycles. The molecule has 2 atom stereocenters. The van der Waals surface area contributed by atoms with Crippen LogP contribution in [-0.2, 0) is 4.79 Å². The topological polar surface area (TPSA) is 76.7 Å². The minimum Gasteiger partial charge on any atom is -0.486 e. The van der Waals surface area contributed by atoms with E-state index in [0.717, 1.165) is 0 Å². The fourth-order valence-electron chi connectivity index (χ4n) is 2.84. The second kappa shape index (κ2) is 8.58. The predicted molar refractivity (Wildman–Crippen MR) is 102 cm³/mol. The Bertz CT molecular complexity index is 792. The Morgan fingerprint density at radius 1 is 1.04 bits per heavy atom. The summed E-state index contributed by atoms with van der Waals surface area (Å²) in [4.78, 5) is 25.0. The lowest BCUT2D eigenvalue weighted by Gasteiger charge is -2.28. The average molecular weight is 368 g/mol. The molecule has 0 saturated heterocycles. The maximum atomic E-state index is 12.6. The highest BCUT2D eigenvalue weighted by molar-refractivity contribution is 5.97. The van der Waals surface area contributed by atoms with Gasteiger partial charge in [0.25, 0.3) is 5.91 Å². The number of benzene rings is 2. The van der Waals surface area contributed by atoms with Gasteiger partial charge in [-0.25, -0.2) is 0 Å². The van der Waals surface area contributed by atoms with Crippen LogP contribution in [0.2, 0.25) is 0 Å². The molecule has 2 aromatic rings. The van der Waals surface area contributed by atoms with Crippen LogP contribution in [0.4, 0.5) is 0 Å². The molecule has 0 fully saturated rings. The van der Waals surface area contributed by atoms with Gasteiger partial charge < -0.3 is 20.1 Å². The maximum Gasteiger partial charge on any atom is 0.251 e. The molecule has 2 unspecified atom stereocenters. The average Bonchev–Trinajstić information content (AvgIpc) is 2.70. The number of fused-ring (bicyclic) bond motifs is 1. The minimum absolute atomic E-state index is 0.0538. The van der Waals surface area contributed by atoms with E-state index in [0.29, 0.717) is 30.2 Å². The van der Waals surface area contributed by atoms with Crippen LogP contribution in [0.3, 0.4) is 0 Å². The van der Waals surface area contributed by atoms with E-state index < -0.39 is 6.04 Å². The zero-order chi connectivity index (χ0) is 19.2. The molecular weight excluding hydrogens is 344 g/mol. The molecule has 1 heterocycles. The highest BCUT2D eigenvalue weighted by atomic mass is 16.6. The Kier molecular flexibility index (Phi) is 5.96. The lowest BCUT2D eigenvalue weighted by atomic mass is 10.0. The van der Waals surface area contributed by atoms with E-state index in [-0.39, 0.29) is 23.8 Å². The van der Waals surface area contributed by atoms with Gasteiger partial charge >= 0.3 is 0 Å². The highest BCUT2D eigenvalue weighted by Gasteiger charge is 2.27. The highest BCUT2D eigenvalue weighted by Crippen LogP contribution is 2.30. The zero-order valence-electron chi connectivity index (χ0n) is 15.5. The van der Waals surface area contributed by atoms with Crippen molar-refractivity contribution in [1.82, 2.24) is 10.6 Å². The fourth-order valence-corrected chi connectivity index (χ4v) is 2.84. The van der Waals surface area contributed by atoms with Gasteiger partial charge in [-0.05, 0) is 30.2 Å². The summed E-state index contributed by atoms with van der Waals surface area (Å²) in [5.74, 6) is 0.810. The lowest BCUT2D eigenvalue weighted by Crippen LogP contribution is -2.52. The summed E-state index contributed by atoms with van der Waals surface area (Å²) >= 11 is 0. The van der Waals surface area contributed by atoms with Gasteiger partial charge in [0, 0.05) is 5.56 Å². The van der Waals surface area contributed by atoms with Gasteiger partial charge in [0.2, 0.25) is 5.91 Å². The summed E-state index contributed by atoms with van der Waals surface area (Å²) < 4.78 is 11.5. The van der Waals surface area contributed by atoms with E-state index >= 15 is 0 Å². The monoisotopic (exact) mass is 368 g/mol. The van der Waals surface area contributed by atoms with Crippen LogP contribution in [0.5, 0.6) is 11.5 Å². The standard InChI is InChI=1S/C21H24N2O4/c1-14(2)19(23-20(24)15-8-4-3-5-9-15)21(25)22-12-16-13-26-17-10-6-7-11-18(17)27-16/h3-11,14,16,19H,12-13H2,1-2H3,(H,22,25)(H,23,24). The van der Waals surface area contributed by atoms with Gasteiger partial charge in [-0.2, -0.15) is 0 Å². The van der Waals surface area contributed by atoms with E-state index in [2.05, 4.69) is 10.6 Å². The third kappa shape index (κ3) is 4.78. The molecule has 2 amide bonds. The maximum absolute atomic E-state index is 12.6. The number of rotatable bonds is 6. The van der Waals surface area contributed by atoms with Gasteiger partial charge in [0.15, 0.2) is 11.5 Å². The first-order valence-electron chi connectivity index (χ1n) is 9.06. The summed E-state index contributed by atoms with van der Waals surface area (Å²) in [6.07, 6.45) is -0.276. The Labute approximate surface area is 158 Å². The normalized spacial score (nSPS) is 16.5. The molecule has 3 rings (SSSR count). The van der Waals surface area contributed by atoms with E-state index in [1.807, 2.05) is 44.2 Å². The van der Waals surface area contributed by atoms with Crippen LogP contribution in [0.15, 0.2) is 54.6 Å². The van der Waals surface area contributed by atoms with Gasteiger partial charge in [0.1, 0.15) is 18.8 Å². The SMILES string of the molecule is CC(C)C(NC(=O)c1ccccc1)C(=O)NCC1COc2ccccc2O1. The number of hydrogen-bond acceptors (Lipinski definition) is 4. The quantitative estimate of drug-likeness (QED) is 0.821. The van der Waals surface area contributed by atoms with Crippen molar-refractivity contribution in [2.75, 3.05) is 13.2 Å². The first-order valence-corrected chi connectivity index (χ1v) is 9.06. The van der Waals surface area contributed by atoms with Crippen LogP contribution in [-0.4, -0.2) is 37.1 Å². The molecule has 0 spiro atoms. The van der Waals surface area contributed by atoms with Crippen molar-refractivity contribution in [3.8, 4) is 11.5 Å². The number of nitrogens with one attached hydrogen (secondary N) is 2. The van der Waals surface area contributed by atoms with Crippen molar-refractivity contribution >= 4 is 11.8 Å². The molecule has 6 heteroatoms. The molecule has 27 heavy (non-hydrogen) atoms. The molecule has 0 bridgehead atoms. The predicted octanol–water partition coefficient (Wildman–Crippen LogP) is 2.40. The Morgan fingerprint density at radius 2 is 1.70 bits per heavy atom. The lowest BCUT2D eigenvalue weighted by molar-refractivity contribution is -0.124. The molecule has 0 aromatic heterocycles. The molecule has 2 aromatic carbocycles. The van der Waals surface area contributed by atoms with E-state index in [1.165, 1.54) is 0 Å². The van der Waals surface area contributed by atoms with Gasteiger partial charge in [-0.15, -0.1) is 0 Å². The summed E-state index contributed by atoms with van der Waals surface area (Å²) in [6, 6.07) is 15.7. The van der Waals surface area contributed by atoms with Crippen LogP contribution in [0.1, 0.15) is 24.2 Å². The summed E-state index contributed by atoms with van der Waals surface area (Å²) in [5.41, 5.74) is 0.525. The Morgan fingerprint density at radius 3 is 2.41 bits per heavy atom. The number of para-hydroxylation sites is 2. The smallest absolute Gasteiger partial charge is 0.251 e. The van der Waals surface area contributed by atoms with E-state index in [4.69, 9.17) is 9.47 Å². The third-order valence-electron chi connectivity index (χ3n) is 4.34. The van der Waals surface area contributed by atoms with Crippen LogP contribution in [0, 0.1) is 5.92 Å². The largest absolute Gasteiger partial charge is 0.486 e. The number of carbonyl (C=O) groups is 2. The van der Waals surface area contributed by atoms with Crippen molar-refractivity contribution in [1.29, 1.82) is 0 Å². The number of amides is 2. The molecular formula is C21H24N2O4. The van der Waals surface area contributed by atoms with Crippen LogP contribution >= 0.6 is 0 Å². The molecule has 2 N–H and O–H groups in total. The Hall–Kier alpha value is -3.02. The summed E-state index contributed by atoms with van der Waals surface area (Å²) in [6.45, 7) is 4.45. The first kappa shape index (κ1) is 18.8. The van der Waals surface area contributed by atoms with Crippen molar-refractivity contribution in [2.24, 2.45) is 5.92 Å². The van der Waals surface area contributed by atoms with Gasteiger partial charge in [0.05, 0.1) is 6.54 Å². The minimum atomic E-state index is -0.630. The number of hydrogen-bond donors (Lipinski definition) is 2. The molecule has 0 radical (unpaired) electrons.